The minimum Gasteiger partial charge on any atom is -0.380 e. The summed E-state index contributed by atoms with van der Waals surface area (Å²) in [5.41, 5.74) is 2.58. The van der Waals surface area contributed by atoms with Crippen LogP contribution in [0.15, 0.2) is 12.1 Å². The lowest BCUT2D eigenvalue weighted by Crippen LogP contribution is -2.26. The number of hydrogen-bond acceptors (Lipinski definition) is 4. The Morgan fingerprint density at radius 1 is 1.40 bits per heavy atom. The van der Waals surface area contributed by atoms with Gasteiger partial charge in [-0.15, -0.1) is 0 Å². The Morgan fingerprint density at radius 2 is 2.30 bits per heavy atom. The number of aromatic nitrogens is 1. The Bertz CT molecular complexity index is 409. The van der Waals surface area contributed by atoms with Gasteiger partial charge in [0.05, 0.1) is 6.10 Å². The SMILES string of the molecule is COC(C)CNCCCCc1ccc2c(n1)NCCC2. The van der Waals surface area contributed by atoms with Crippen LogP contribution in [0.1, 0.15) is 37.4 Å². The van der Waals surface area contributed by atoms with Gasteiger partial charge in [0, 0.05) is 25.9 Å². The molecule has 20 heavy (non-hydrogen) atoms. The first-order valence-corrected chi connectivity index (χ1v) is 7.76. The molecule has 1 aromatic rings. The molecule has 0 spiro atoms. The molecule has 1 unspecified atom stereocenters. The normalized spacial score (nSPS) is 15.5. The number of nitrogens with zero attached hydrogens (tertiary/aromatic N) is 1. The quantitative estimate of drug-likeness (QED) is 0.716. The predicted octanol–water partition coefficient (Wildman–Crippen LogP) is 2.39. The summed E-state index contributed by atoms with van der Waals surface area (Å²) in [7, 11) is 1.75. The Kier molecular flexibility index (Phi) is 6.27. The van der Waals surface area contributed by atoms with Crippen molar-refractivity contribution < 1.29 is 4.74 Å². The number of nitrogens with one attached hydrogen (secondary N) is 2. The van der Waals surface area contributed by atoms with Crippen molar-refractivity contribution in [3.8, 4) is 0 Å². The maximum atomic E-state index is 5.20. The van der Waals surface area contributed by atoms with Crippen molar-refractivity contribution in [2.45, 2.75) is 45.1 Å². The van der Waals surface area contributed by atoms with Crippen molar-refractivity contribution >= 4 is 5.82 Å². The number of ether oxygens (including phenoxy) is 1. The standard InChI is InChI=1S/C16H27N3O/c1-13(20-2)12-17-10-4-3-7-15-9-8-14-6-5-11-18-16(14)19-15/h8-9,13,17H,3-7,10-12H2,1-2H3,(H,18,19). The lowest BCUT2D eigenvalue weighted by atomic mass is 10.1. The fourth-order valence-corrected chi connectivity index (χ4v) is 2.45. The van der Waals surface area contributed by atoms with Crippen LogP contribution in [0.25, 0.3) is 0 Å². The maximum absolute atomic E-state index is 5.20. The average Bonchev–Trinajstić information content (AvgIpc) is 2.50. The van der Waals surface area contributed by atoms with Crippen LogP contribution in [0.4, 0.5) is 5.82 Å². The number of aryl methyl sites for hydroxylation is 2. The van der Waals surface area contributed by atoms with Crippen LogP contribution in [0.5, 0.6) is 0 Å². The van der Waals surface area contributed by atoms with Crippen LogP contribution < -0.4 is 10.6 Å². The Balaban J connectivity index is 1.64. The van der Waals surface area contributed by atoms with E-state index in [2.05, 4.69) is 29.7 Å². The number of hydrogen-bond donors (Lipinski definition) is 2. The van der Waals surface area contributed by atoms with E-state index in [1.165, 1.54) is 30.5 Å². The highest BCUT2D eigenvalue weighted by atomic mass is 16.5. The molecule has 0 radical (unpaired) electrons. The molecule has 4 heteroatoms. The fraction of sp³-hybridized carbons (Fsp3) is 0.688. The Labute approximate surface area is 122 Å². The molecule has 0 bridgehead atoms. The summed E-state index contributed by atoms with van der Waals surface area (Å²) < 4.78 is 5.20. The number of rotatable bonds is 8. The summed E-state index contributed by atoms with van der Waals surface area (Å²) in [6.45, 7) is 5.12. The summed E-state index contributed by atoms with van der Waals surface area (Å²) >= 11 is 0. The van der Waals surface area contributed by atoms with Crippen LogP contribution in [0.2, 0.25) is 0 Å². The van der Waals surface area contributed by atoms with Gasteiger partial charge in [-0.1, -0.05) is 6.07 Å². The maximum Gasteiger partial charge on any atom is 0.129 e. The zero-order valence-corrected chi connectivity index (χ0v) is 12.7. The van der Waals surface area contributed by atoms with Gasteiger partial charge >= 0.3 is 0 Å². The molecule has 0 aliphatic carbocycles. The third-order valence-electron chi connectivity index (χ3n) is 3.82. The van der Waals surface area contributed by atoms with Crippen LogP contribution in [-0.4, -0.2) is 37.8 Å². The van der Waals surface area contributed by atoms with Crippen molar-refractivity contribution in [3.63, 3.8) is 0 Å². The van der Waals surface area contributed by atoms with E-state index >= 15 is 0 Å². The highest BCUT2D eigenvalue weighted by Crippen LogP contribution is 2.20. The van der Waals surface area contributed by atoms with Crippen molar-refractivity contribution in [3.05, 3.63) is 23.4 Å². The summed E-state index contributed by atoms with van der Waals surface area (Å²) in [5, 5.41) is 6.81. The highest BCUT2D eigenvalue weighted by Gasteiger charge is 2.09. The van der Waals surface area contributed by atoms with Gasteiger partial charge in [-0.25, -0.2) is 4.98 Å². The number of methoxy groups -OCH3 is 1. The average molecular weight is 277 g/mol. The third kappa shape index (κ3) is 4.76. The number of anilines is 1. The van der Waals surface area contributed by atoms with E-state index < -0.39 is 0 Å². The van der Waals surface area contributed by atoms with E-state index in [4.69, 9.17) is 9.72 Å². The summed E-state index contributed by atoms with van der Waals surface area (Å²) in [5.74, 6) is 1.11. The van der Waals surface area contributed by atoms with Crippen LogP contribution in [0, 0.1) is 0 Å². The first-order valence-electron chi connectivity index (χ1n) is 7.76. The fourth-order valence-electron chi connectivity index (χ4n) is 2.45. The van der Waals surface area contributed by atoms with Gasteiger partial charge < -0.3 is 15.4 Å². The van der Waals surface area contributed by atoms with Crippen LogP contribution in [-0.2, 0) is 17.6 Å². The third-order valence-corrected chi connectivity index (χ3v) is 3.82. The van der Waals surface area contributed by atoms with Crippen molar-refractivity contribution in [2.24, 2.45) is 0 Å². The van der Waals surface area contributed by atoms with Crippen molar-refractivity contribution in [1.29, 1.82) is 0 Å². The highest BCUT2D eigenvalue weighted by molar-refractivity contribution is 5.46. The topological polar surface area (TPSA) is 46.2 Å². The molecule has 0 saturated carbocycles. The van der Waals surface area contributed by atoms with E-state index in [9.17, 15) is 0 Å². The lowest BCUT2D eigenvalue weighted by Gasteiger charge is -2.17. The largest absolute Gasteiger partial charge is 0.380 e. The van der Waals surface area contributed by atoms with E-state index in [1.54, 1.807) is 7.11 Å². The Morgan fingerprint density at radius 3 is 3.15 bits per heavy atom. The van der Waals surface area contributed by atoms with Crippen LogP contribution in [0.3, 0.4) is 0 Å². The Hall–Kier alpha value is -1.13. The molecule has 4 nitrogen and oxygen atoms in total. The summed E-state index contributed by atoms with van der Waals surface area (Å²) in [6.07, 6.45) is 6.11. The molecule has 1 aliphatic rings. The zero-order valence-electron chi connectivity index (χ0n) is 12.7. The van der Waals surface area contributed by atoms with Gasteiger partial charge in [-0.05, 0) is 57.2 Å². The first kappa shape index (κ1) is 15.3. The molecule has 1 aromatic heterocycles. The van der Waals surface area contributed by atoms with Gasteiger partial charge in [0.15, 0.2) is 0 Å². The molecule has 2 N–H and O–H groups in total. The number of pyridine rings is 1. The van der Waals surface area contributed by atoms with Crippen molar-refractivity contribution in [1.82, 2.24) is 10.3 Å². The van der Waals surface area contributed by atoms with Gasteiger partial charge in [0.25, 0.3) is 0 Å². The second-order valence-electron chi connectivity index (χ2n) is 5.55. The van der Waals surface area contributed by atoms with E-state index in [0.29, 0.717) is 6.10 Å². The second-order valence-corrected chi connectivity index (χ2v) is 5.55. The van der Waals surface area contributed by atoms with Gasteiger partial charge in [-0.2, -0.15) is 0 Å². The molecular weight excluding hydrogens is 250 g/mol. The van der Waals surface area contributed by atoms with Gasteiger partial charge in [0.2, 0.25) is 0 Å². The van der Waals surface area contributed by atoms with E-state index in [1.807, 2.05) is 0 Å². The molecule has 1 atom stereocenters. The molecule has 0 aromatic carbocycles. The lowest BCUT2D eigenvalue weighted by molar-refractivity contribution is 0.117. The molecule has 0 fully saturated rings. The molecule has 1 aliphatic heterocycles. The smallest absolute Gasteiger partial charge is 0.129 e. The first-order chi connectivity index (χ1) is 9.79. The van der Waals surface area contributed by atoms with E-state index in [0.717, 1.165) is 38.3 Å². The monoisotopic (exact) mass is 277 g/mol. The van der Waals surface area contributed by atoms with Crippen LogP contribution >= 0.6 is 0 Å². The second kappa shape index (κ2) is 8.22. The molecular formula is C16H27N3O. The minimum absolute atomic E-state index is 0.295. The van der Waals surface area contributed by atoms with E-state index in [-0.39, 0.29) is 0 Å². The molecule has 2 heterocycles. The minimum atomic E-state index is 0.295. The van der Waals surface area contributed by atoms with Gasteiger partial charge in [0.1, 0.15) is 5.82 Å². The number of fused-ring (bicyclic) bond motifs is 1. The van der Waals surface area contributed by atoms with Gasteiger partial charge in [-0.3, -0.25) is 0 Å². The number of unbranched alkanes of at least 4 members (excludes halogenated alkanes) is 1. The molecule has 0 amide bonds. The summed E-state index contributed by atoms with van der Waals surface area (Å²) in [4.78, 5) is 4.72. The predicted molar refractivity (Wildman–Crippen MR) is 83.3 cm³/mol. The zero-order chi connectivity index (χ0) is 14.2. The molecule has 112 valence electrons. The molecule has 2 rings (SSSR count). The molecule has 0 saturated heterocycles. The summed E-state index contributed by atoms with van der Waals surface area (Å²) in [6, 6.07) is 4.43. The van der Waals surface area contributed by atoms with Crippen molar-refractivity contribution in [2.75, 3.05) is 32.1 Å².